The molecule has 0 aromatic rings. The second-order valence-electron chi connectivity index (χ2n) is 2.24. The van der Waals surface area contributed by atoms with Gasteiger partial charge in [0.15, 0.2) is 5.37 Å². The standard InChI is InChI=1S/C6H6NOPS/c8-5-4(9)6-7(5)2-1-3-10-6/h1-2,6,9H,3H2/p+1/t6-/m0/s1. The normalized spacial score (nSPS) is 30.0. The lowest BCUT2D eigenvalue weighted by molar-refractivity contribution is -0.125. The van der Waals surface area contributed by atoms with E-state index in [0.717, 1.165) is 11.0 Å². The van der Waals surface area contributed by atoms with Gasteiger partial charge in [0.05, 0.1) is 8.86 Å². The van der Waals surface area contributed by atoms with Crippen LogP contribution in [0.3, 0.4) is 0 Å². The van der Waals surface area contributed by atoms with Crippen LogP contribution in [-0.2, 0) is 4.79 Å². The molecule has 0 radical (unpaired) electrons. The van der Waals surface area contributed by atoms with Crippen LogP contribution in [-0.4, -0.2) is 27.2 Å². The Morgan fingerprint density at radius 1 is 1.80 bits per heavy atom. The fourth-order valence-electron chi connectivity index (χ4n) is 1.06. The molecule has 0 aliphatic carbocycles. The van der Waals surface area contributed by atoms with Crippen LogP contribution in [0.4, 0.5) is 0 Å². The van der Waals surface area contributed by atoms with Crippen molar-refractivity contribution in [2.75, 3.05) is 5.75 Å². The number of rotatable bonds is 0. The number of β-lactam (4-membered cyclic amide) rings is 1. The lowest BCUT2D eigenvalue weighted by atomic mass is 10.2. The van der Waals surface area contributed by atoms with Crippen LogP contribution >= 0.6 is 20.6 Å². The van der Waals surface area contributed by atoms with Crippen molar-refractivity contribution < 1.29 is 4.79 Å². The molecule has 2 nitrogen and oxygen atoms in total. The fourth-order valence-corrected chi connectivity index (χ4v) is 2.65. The van der Waals surface area contributed by atoms with E-state index in [2.05, 4.69) is 8.86 Å². The van der Waals surface area contributed by atoms with Crippen molar-refractivity contribution in [3.8, 4) is 0 Å². The molecule has 2 atom stereocenters. The predicted octanol–water partition coefficient (Wildman–Crippen LogP) is 0.463. The zero-order valence-corrected chi connectivity index (χ0v) is 7.25. The average Bonchev–Trinajstić information content (AvgIpc) is 2.03. The first-order valence-corrected chi connectivity index (χ1v) is 4.66. The molecule has 52 valence electrons. The predicted molar refractivity (Wildman–Crippen MR) is 46.9 cm³/mol. The average molecular weight is 172 g/mol. The molecule has 1 amide bonds. The van der Waals surface area contributed by atoms with E-state index in [4.69, 9.17) is 0 Å². The topological polar surface area (TPSA) is 20.3 Å². The van der Waals surface area contributed by atoms with Gasteiger partial charge < -0.3 is 0 Å². The Morgan fingerprint density at radius 2 is 2.60 bits per heavy atom. The highest BCUT2D eigenvalue weighted by Crippen LogP contribution is 2.31. The third kappa shape index (κ3) is 0.678. The van der Waals surface area contributed by atoms with Gasteiger partial charge in [-0.1, -0.05) is 6.08 Å². The highest BCUT2D eigenvalue weighted by atomic mass is 32.2. The number of hydrogen-bond donors (Lipinski definition) is 0. The van der Waals surface area contributed by atoms with Gasteiger partial charge in [-0.2, -0.15) is 0 Å². The van der Waals surface area contributed by atoms with E-state index in [1.807, 2.05) is 12.3 Å². The van der Waals surface area contributed by atoms with Gasteiger partial charge in [0, 0.05) is 12.0 Å². The van der Waals surface area contributed by atoms with Crippen molar-refractivity contribution in [1.82, 2.24) is 4.90 Å². The van der Waals surface area contributed by atoms with Gasteiger partial charge in [0.1, 0.15) is 0 Å². The Morgan fingerprint density at radius 3 is 3.30 bits per heavy atom. The number of carbonyl (C=O) groups excluding carboxylic acids is 1. The van der Waals surface area contributed by atoms with E-state index in [9.17, 15) is 4.79 Å². The molecule has 2 rings (SSSR count). The molecule has 2 aliphatic rings. The van der Waals surface area contributed by atoms with Crippen LogP contribution < -0.4 is 0 Å². The maximum Gasteiger partial charge on any atom is 0.300 e. The Hall–Kier alpha value is -0.270. The van der Waals surface area contributed by atoms with E-state index in [1.54, 1.807) is 16.7 Å². The first-order chi connectivity index (χ1) is 4.80. The Balaban J connectivity index is 2.26. The van der Waals surface area contributed by atoms with E-state index in [1.165, 1.54) is 0 Å². The monoisotopic (exact) mass is 172 g/mol. The van der Waals surface area contributed by atoms with E-state index < -0.39 is 0 Å². The van der Waals surface area contributed by atoms with Gasteiger partial charge in [0.25, 0.3) is 5.91 Å². The minimum Gasteiger partial charge on any atom is -0.291 e. The highest BCUT2D eigenvalue weighted by Gasteiger charge is 2.46. The van der Waals surface area contributed by atoms with Crippen LogP contribution in [0.2, 0.25) is 0 Å². The van der Waals surface area contributed by atoms with Gasteiger partial charge in [-0.3, -0.25) is 9.69 Å². The number of nitrogens with zero attached hydrogens (tertiary/aromatic N) is 1. The van der Waals surface area contributed by atoms with Crippen molar-refractivity contribution >= 4 is 31.8 Å². The largest absolute Gasteiger partial charge is 0.300 e. The summed E-state index contributed by atoms with van der Waals surface area (Å²) in [6.45, 7) is 0. The zero-order valence-electron chi connectivity index (χ0n) is 5.28. The van der Waals surface area contributed by atoms with Crippen molar-refractivity contribution in [2.45, 2.75) is 5.37 Å². The lowest BCUT2D eigenvalue weighted by Crippen LogP contribution is -2.57. The Bertz CT molecular complexity index is 238. The molecule has 1 fully saturated rings. The SMILES string of the molecule is O=C1C(=[PH2+])[C@@H]2SCC=CN12. The molecule has 0 N–H and O–H groups in total. The minimum atomic E-state index is 0.151. The molecule has 0 aromatic carbocycles. The number of fused-ring (bicyclic) bond motifs is 1. The van der Waals surface area contributed by atoms with Crippen LogP contribution in [0.1, 0.15) is 0 Å². The third-order valence-corrected chi connectivity index (χ3v) is 3.60. The molecule has 1 saturated heterocycles. The fraction of sp³-hybridized carbons (Fsp3) is 0.333. The van der Waals surface area contributed by atoms with Gasteiger partial charge in [-0.05, 0) is 0 Å². The quantitative estimate of drug-likeness (QED) is 0.391. The first kappa shape index (κ1) is 6.44. The molecule has 1 unspecified atom stereocenters. The summed E-state index contributed by atoms with van der Waals surface area (Å²) in [5, 5.41) is 1.23. The van der Waals surface area contributed by atoms with Crippen LogP contribution in [0.25, 0.3) is 0 Å². The van der Waals surface area contributed by atoms with Crippen molar-refractivity contribution in [3.05, 3.63) is 12.3 Å². The van der Waals surface area contributed by atoms with Gasteiger partial charge >= 0.3 is 0 Å². The first-order valence-electron chi connectivity index (χ1n) is 3.04. The number of carbonyl (C=O) groups is 1. The summed E-state index contributed by atoms with van der Waals surface area (Å²) in [6.07, 6.45) is 3.88. The Kier molecular flexibility index (Phi) is 1.36. The smallest absolute Gasteiger partial charge is 0.291 e. The van der Waals surface area contributed by atoms with Crippen LogP contribution in [0.15, 0.2) is 12.3 Å². The molecule has 0 spiro atoms. The maximum atomic E-state index is 11.0. The molecule has 2 aliphatic heterocycles. The van der Waals surface area contributed by atoms with Crippen molar-refractivity contribution in [1.29, 1.82) is 0 Å². The Labute approximate surface area is 65.5 Å². The molecule has 10 heavy (non-hydrogen) atoms. The van der Waals surface area contributed by atoms with Crippen molar-refractivity contribution in [2.24, 2.45) is 0 Å². The molecule has 4 heteroatoms. The summed E-state index contributed by atoms with van der Waals surface area (Å²) in [7, 11) is 2.50. The molecular formula is C6H7NOPS+. The maximum absolute atomic E-state index is 11.0. The number of hydrogen-bond acceptors (Lipinski definition) is 2. The van der Waals surface area contributed by atoms with Gasteiger partial charge in [-0.25, -0.2) is 0 Å². The minimum absolute atomic E-state index is 0.151. The highest BCUT2D eigenvalue weighted by molar-refractivity contribution is 8.01. The van der Waals surface area contributed by atoms with Crippen molar-refractivity contribution in [3.63, 3.8) is 0 Å². The molecular weight excluding hydrogens is 165 g/mol. The van der Waals surface area contributed by atoms with E-state index in [-0.39, 0.29) is 5.91 Å². The summed E-state index contributed by atoms with van der Waals surface area (Å²) in [6, 6.07) is 0. The van der Waals surface area contributed by atoms with Gasteiger partial charge in [0.2, 0.25) is 5.29 Å². The zero-order chi connectivity index (χ0) is 7.14. The third-order valence-electron chi connectivity index (χ3n) is 1.62. The summed E-state index contributed by atoms with van der Waals surface area (Å²) in [5.41, 5.74) is 0. The van der Waals surface area contributed by atoms with E-state index >= 15 is 0 Å². The van der Waals surface area contributed by atoms with E-state index in [0.29, 0.717) is 5.37 Å². The molecule has 0 aromatic heterocycles. The summed E-state index contributed by atoms with van der Waals surface area (Å²) in [4.78, 5) is 12.8. The molecule has 0 saturated carbocycles. The van der Waals surface area contributed by atoms with Gasteiger partial charge in [-0.15, -0.1) is 11.8 Å². The summed E-state index contributed by atoms with van der Waals surface area (Å²) in [5.74, 6) is 1.17. The summed E-state index contributed by atoms with van der Waals surface area (Å²) < 4.78 is 0. The summed E-state index contributed by atoms with van der Waals surface area (Å²) >= 11 is 1.79. The molecule has 0 bridgehead atoms. The molecule has 2 heterocycles. The second-order valence-corrected chi connectivity index (χ2v) is 3.97. The van der Waals surface area contributed by atoms with Crippen LogP contribution in [0.5, 0.6) is 0 Å². The lowest BCUT2D eigenvalue weighted by Gasteiger charge is -2.37. The number of amides is 1. The number of thioether (sulfide) groups is 1. The second kappa shape index (κ2) is 2.11. The van der Waals surface area contributed by atoms with Crippen LogP contribution in [0, 0.1) is 0 Å².